The van der Waals surface area contributed by atoms with Crippen LogP contribution in [0.4, 0.5) is 0 Å². The van der Waals surface area contributed by atoms with Crippen LogP contribution < -0.4 is 11.3 Å². The molecule has 0 spiro atoms. The van der Waals surface area contributed by atoms with Gasteiger partial charge in [0.1, 0.15) is 0 Å². The molecule has 0 unspecified atom stereocenters. The number of pyridine rings is 1. The molecule has 5 nitrogen and oxygen atoms in total. The second-order valence-electron chi connectivity index (χ2n) is 4.25. The standard InChI is InChI=1S/C12H17N3O2S/c1-8(2)15(6-4-10(13)18)12(17)9-3-5-14-11(16)7-9/h3,5,7-8H,4,6H2,1-2H3,(H2,13,18)(H,14,16). The van der Waals surface area contributed by atoms with Gasteiger partial charge in [-0.2, -0.15) is 0 Å². The summed E-state index contributed by atoms with van der Waals surface area (Å²) in [6.45, 7) is 4.27. The van der Waals surface area contributed by atoms with E-state index in [0.717, 1.165) is 0 Å². The number of H-pyrrole nitrogens is 1. The maximum Gasteiger partial charge on any atom is 0.254 e. The van der Waals surface area contributed by atoms with Gasteiger partial charge in [0.25, 0.3) is 5.91 Å². The van der Waals surface area contributed by atoms with Crippen molar-refractivity contribution in [2.45, 2.75) is 26.3 Å². The first-order valence-electron chi connectivity index (χ1n) is 5.70. The van der Waals surface area contributed by atoms with Gasteiger partial charge in [0, 0.05) is 36.8 Å². The molecule has 0 saturated carbocycles. The Kier molecular flexibility index (Phi) is 5.03. The first-order chi connectivity index (χ1) is 8.41. The molecular formula is C12H17N3O2S. The first-order valence-corrected chi connectivity index (χ1v) is 6.10. The molecular weight excluding hydrogens is 250 g/mol. The van der Waals surface area contributed by atoms with E-state index in [1.165, 1.54) is 12.3 Å². The van der Waals surface area contributed by atoms with Crippen LogP contribution in [-0.2, 0) is 0 Å². The van der Waals surface area contributed by atoms with Gasteiger partial charge in [0.2, 0.25) is 5.56 Å². The molecule has 0 bridgehead atoms. The molecule has 1 heterocycles. The van der Waals surface area contributed by atoms with Crippen molar-refractivity contribution in [1.29, 1.82) is 0 Å². The highest BCUT2D eigenvalue weighted by molar-refractivity contribution is 7.80. The number of amides is 1. The molecule has 18 heavy (non-hydrogen) atoms. The minimum Gasteiger partial charge on any atom is -0.393 e. The number of hydrogen-bond acceptors (Lipinski definition) is 3. The highest BCUT2D eigenvalue weighted by Gasteiger charge is 2.18. The van der Waals surface area contributed by atoms with E-state index in [4.69, 9.17) is 18.0 Å². The number of carbonyl (C=O) groups is 1. The molecule has 0 radical (unpaired) electrons. The predicted molar refractivity (Wildman–Crippen MR) is 74.6 cm³/mol. The van der Waals surface area contributed by atoms with Gasteiger partial charge in [-0.3, -0.25) is 9.59 Å². The maximum atomic E-state index is 12.2. The average Bonchev–Trinajstić information content (AvgIpc) is 2.28. The lowest BCUT2D eigenvalue weighted by Crippen LogP contribution is -2.39. The molecule has 1 aromatic rings. The molecule has 0 atom stereocenters. The summed E-state index contributed by atoms with van der Waals surface area (Å²) in [5, 5.41) is 0. The lowest BCUT2D eigenvalue weighted by atomic mass is 10.2. The van der Waals surface area contributed by atoms with Gasteiger partial charge in [0.05, 0.1) is 4.99 Å². The number of nitrogens with two attached hydrogens (primary N) is 1. The second-order valence-corrected chi connectivity index (χ2v) is 4.77. The second kappa shape index (κ2) is 6.30. The van der Waals surface area contributed by atoms with Crippen molar-refractivity contribution in [1.82, 2.24) is 9.88 Å². The zero-order valence-corrected chi connectivity index (χ0v) is 11.3. The highest BCUT2D eigenvalue weighted by Crippen LogP contribution is 2.07. The van der Waals surface area contributed by atoms with Crippen molar-refractivity contribution < 1.29 is 4.79 Å². The molecule has 0 aliphatic carbocycles. The van der Waals surface area contributed by atoms with E-state index in [2.05, 4.69) is 4.98 Å². The number of rotatable bonds is 5. The summed E-state index contributed by atoms with van der Waals surface area (Å²) < 4.78 is 0. The number of nitrogens with one attached hydrogen (secondary N) is 1. The van der Waals surface area contributed by atoms with Crippen LogP contribution in [0, 0.1) is 0 Å². The van der Waals surface area contributed by atoms with E-state index in [-0.39, 0.29) is 17.5 Å². The lowest BCUT2D eigenvalue weighted by Gasteiger charge is -2.26. The minimum absolute atomic E-state index is 0.0196. The van der Waals surface area contributed by atoms with Crippen LogP contribution in [0.1, 0.15) is 30.6 Å². The van der Waals surface area contributed by atoms with Crippen molar-refractivity contribution in [3.05, 3.63) is 34.2 Å². The van der Waals surface area contributed by atoms with Crippen molar-refractivity contribution in [3.63, 3.8) is 0 Å². The van der Waals surface area contributed by atoms with Crippen LogP contribution in [0.2, 0.25) is 0 Å². The van der Waals surface area contributed by atoms with Crippen LogP contribution in [0.25, 0.3) is 0 Å². The van der Waals surface area contributed by atoms with Crippen LogP contribution in [0.15, 0.2) is 23.1 Å². The van der Waals surface area contributed by atoms with Gasteiger partial charge in [-0.15, -0.1) is 0 Å². The summed E-state index contributed by atoms with van der Waals surface area (Å²) in [6.07, 6.45) is 1.93. The Morgan fingerprint density at radius 3 is 2.72 bits per heavy atom. The van der Waals surface area contributed by atoms with E-state index in [1.807, 2.05) is 13.8 Å². The van der Waals surface area contributed by atoms with Gasteiger partial charge in [0.15, 0.2) is 0 Å². The Bertz CT molecular complexity index is 496. The van der Waals surface area contributed by atoms with Gasteiger partial charge in [-0.1, -0.05) is 12.2 Å². The molecule has 1 amide bonds. The predicted octanol–water partition coefficient (Wildman–Crippen LogP) is 0.902. The third-order valence-electron chi connectivity index (χ3n) is 2.51. The monoisotopic (exact) mass is 267 g/mol. The molecule has 3 N–H and O–H groups in total. The molecule has 98 valence electrons. The fourth-order valence-corrected chi connectivity index (χ4v) is 1.66. The van der Waals surface area contributed by atoms with Gasteiger partial charge in [-0.05, 0) is 19.9 Å². The van der Waals surface area contributed by atoms with Gasteiger partial charge >= 0.3 is 0 Å². The zero-order valence-electron chi connectivity index (χ0n) is 10.5. The summed E-state index contributed by atoms with van der Waals surface area (Å²) in [7, 11) is 0. The van der Waals surface area contributed by atoms with E-state index < -0.39 is 0 Å². The molecule has 0 aliphatic rings. The lowest BCUT2D eigenvalue weighted by molar-refractivity contribution is 0.0711. The smallest absolute Gasteiger partial charge is 0.254 e. The Hall–Kier alpha value is -1.69. The van der Waals surface area contributed by atoms with Crippen LogP contribution >= 0.6 is 12.2 Å². The Labute approximate surface area is 111 Å². The summed E-state index contributed by atoms with van der Waals surface area (Å²) in [6, 6.07) is 2.89. The van der Waals surface area contributed by atoms with Gasteiger partial charge < -0.3 is 15.6 Å². The molecule has 0 aliphatic heterocycles. The number of nitrogens with zero attached hydrogens (tertiary/aromatic N) is 1. The number of aromatic amines is 1. The third kappa shape index (κ3) is 3.96. The van der Waals surface area contributed by atoms with Gasteiger partial charge in [-0.25, -0.2) is 0 Å². The van der Waals surface area contributed by atoms with E-state index in [0.29, 0.717) is 23.5 Å². The number of carbonyl (C=O) groups excluding carboxylic acids is 1. The largest absolute Gasteiger partial charge is 0.393 e. The number of thiocarbonyl (C=S) groups is 1. The zero-order chi connectivity index (χ0) is 13.7. The molecule has 0 saturated heterocycles. The normalized spacial score (nSPS) is 10.4. The van der Waals surface area contributed by atoms with Crippen molar-refractivity contribution in [2.75, 3.05) is 6.54 Å². The first kappa shape index (κ1) is 14.4. The molecule has 1 rings (SSSR count). The Morgan fingerprint density at radius 2 is 2.22 bits per heavy atom. The van der Waals surface area contributed by atoms with E-state index >= 15 is 0 Å². The minimum atomic E-state index is -0.293. The number of aromatic nitrogens is 1. The molecule has 0 fully saturated rings. The Morgan fingerprint density at radius 1 is 1.56 bits per heavy atom. The summed E-state index contributed by atoms with van der Waals surface area (Å²) in [5.74, 6) is -0.188. The summed E-state index contributed by atoms with van der Waals surface area (Å²) in [5.41, 5.74) is 5.52. The average molecular weight is 267 g/mol. The van der Waals surface area contributed by atoms with Crippen molar-refractivity contribution >= 4 is 23.1 Å². The van der Waals surface area contributed by atoms with Crippen molar-refractivity contribution in [3.8, 4) is 0 Å². The molecule has 6 heteroatoms. The SMILES string of the molecule is CC(C)N(CCC(N)=S)C(=O)c1cc[nH]c(=O)c1. The van der Waals surface area contributed by atoms with Crippen LogP contribution in [0.5, 0.6) is 0 Å². The van der Waals surface area contributed by atoms with E-state index in [1.54, 1.807) is 11.0 Å². The Balaban J connectivity index is 2.89. The summed E-state index contributed by atoms with van der Waals surface area (Å²) in [4.78, 5) is 27.9. The highest BCUT2D eigenvalue weighted by atomic mass is 32.1. The number of hydrogen-bond donors (Lipinski definition) is 2. The van der Waals surface area contributed by atoms with E-state index in [9.17, 15) is 9.59 Å². The summed E-state index contributed by atoms with van der Waals surface area (Å²) >= 11 is 4.81. The molecule has 1 aromatic heterocycles. The van der Waals surface area contributed by atoms with Crippen LogP contribution in [-0.4, -0.2) is 33.4 Å². The van der Waals surface area contributed by atoms with Crippen molar-refractivity contribution in [2.24, 2.45) is 5.73 Å². The third-order valence-corrected chi connectivity index (χ3v) is 2.71. The fraction of sp³-hybridized carbons (Fsp3) is 0.417. The topological polar surface area (TPSA) is 79.2 Å². The molecule has 0 aromatic carbocycles. The quantitative estimate of drug-likeness (QED) is 0.777. The van der Waals surface area contributed by atoms with Crippen LogP contribution in [0.3, 0.4) is 0 Å². The fourth-order valence-electron chi connectivity index (χ4n) is 1.57. The maximum absolute atomic E-state index is 12.2.